The normalized spacial score (nSPS) is 23.9. The monoisotopic (exact) mass is 538 g/mol. The van der Waals surface area contributed by atoms with E-state index in [1.54, 1.807) is 4.90 Å². The van der Waals surface area contributed by atoms with Crippen LogP contribution in [0.5, 0.6) is 0 Å². The van der Waals surface area contributed by atoms with E-state index in [4.69, 9.17) is 20.3 Å². The van der Waals surface area contributed by atoms with Crippen molar-refractivity contribution in [1.82, 2.24) is 15.0 Å². The first-order chi connectivity index (χ1) is 17.1. The third kappa shape index (κ3) is 4.87. The predicted molar refractivity (Wildman–Crippen MR) is 129 cm³/mol. The van der Waals surface area contributed by atoms with Gasteiger partial charge >= 0.3 is 7.82 Å². The fourth-order valence-corrected chi connectivity index (χ4v) is 5.35. The molecule has 2 aliphatic rings. The smallest absolute Gasteiger partial charge is 0.387 e. The first-order valence-corrected chi connectivity index (χ1v) is 13.1. The molecule has 5 rings (SSSR count). The van der Waals surface area contributed by atoms with Crippen LogP contribution in [0.25, 0.3) is 10.6 Å². The van der Waals surface area contributed by atoms with Crippen molar-refractivity contribution in [2.75, 3.05) is 28.8 Å². The summed E-state index contributed by atoms with van der Waals surface area (Å²) in [6.07, 6.45) is -5.43. The van der Waals surface area contributed by atoms with E-state index in [9.17, 15) is 19.6 Å². The molecule has 4 atom stereocenters. The predicted octanol–water partition coefficient (Wildman–Crippen LogP) is -0.184. The Balaban J connectivity index is 1.40. The van der Waals surface area contributed by atoms with Gasteiger partial charge in [-0.3, -0.25) is 14.3 Å². The van der Waals surface area contributed by atoms with Crippen molar-refractivity contribution in [2.45, 2.75) is 31.1 Å². The molecule has 7 N–H and O–H groups in total. The minimum absolute atomic E-state index is 0.0353. The van der Waals surface area contributed by atoms with Crippen LogP contribution in [-0.2, 0) is 20.4 Å². The molecule has 0 bridgehead atoms. The van der Waals surface area contributed by atoms with Gasteiger partial charge in [0.1, 0.15) is 29.0 Å². The van der Waals surface area contributed by atoms with Crippen LogP contribution < -0.4 is 21.1 Å². The van der Waals surface area contributed by atoms with Crippen molar-refractivity contribution >= 4 is 36.6 Å². The zero-order valence-corrected chi connectivity index (χ0v) is 20.2. The molecular weight excluding hydrogens is 515 g/mol. The van der Waals surface area contributed by atoms with E-state index in [1.165, 1.54) is 16.2 Å². The quantitative estimate of drug-likeness (QED) is 0.216. The number of aromatic amines is 1. The van der Waals surface area contributed by atoms with Gasteiger partial charge in [0.05, 0.1) is 25.5 Å². The van der Waals surface area contributed by atoms with Crippen LogP contribution in [0.15, 0.2) is 40.5 Å². The van der Waals surface area contributed by atoms with E-state index in [0.717, 1.165) is 10.6 Å². The minimum Gasteiger partial charge on any atom is -0.387 e. The number of hydrogen-bond acceptors (Lipinski definition) is 12. The highest BCUT2D eigenvalue weighted by Crippen LogP contribution is 2.40. The number of nitrogen functional groups attached to an aromatic ring is 1. The molecule has 3 aromatic rings. The number of phosphoric ester groups is 1. The Morgan fingerprint density at radius 3 is 2.69 bits per heavy atom. The number of aliphatic hydroxyl groups excluding tert-OH is 2. The molecule has 1 fully saturated rings. The van der Waals surface area contributed by atoms with E-state index in [0.29, 0.717) is 5.69 Å². The topological polar surface area (TPSA) is 208 Å². The number of thiazole rings is 1. The number of aromatic nitrogens is 3. The van der Waals surface area contributed by atoms with Crippen LogP contribution in [0.1, 0.15) is 5.69 Å². The van der Waals surface area contributed by atoms with Crippen molar-refractivity contribution in [3.8, 4) is 10.6 Å². The summed E-state index contributed by atoms with van der Waals surface area (Å²) in [7, 11) is -4.82. The van der Waals surface area contributed by atoms with Gasteiger partial charge in [-0.25, -0.2) is 9.55 Å². The molecule has 0 saturated carbocycles. The Bertz CT molecular complexity index is 1350. The summed E-state index contributed by atoms with van der Waals surface area (Å²) >= 11 is 1.46. The van der Waals surface area contributed by atoms with Crippen LogP contribution >= 0.6 is 19.2 Å². The van der Waals surface area contributed by atoms with Crippen molar-refractivity contribution in [3.63, 3.8) is 0 Å². The molecule has 36 heavy (non-hydrogen) atoms. The Morgan fingerprint density at radius 2 is 1.97 bits per heavy atom. The lowest BCUT2D eigenvalue weighted by atomic mass is 10.1. The van der Waals surface area contributed by atoms with E-state index in [-0.39, 0.29) is 30.7 Å². The molecule has 4 heterocycles. The number of aliphatic hydroxyl groups is 2. The lowest BCUT2D eigenvalue weighted by Gasteiger charge is -2.28. The number of hydrogen-bond donors (Lipinski definition) is 6. The number of benzene rings is 1. The van der Waals surface area contributed by atoms with Crippen molar-refractivity contribution in [1.29, 1.82) is 0 Å². The molecule has 2 aliphatic heterocycles. The number of nitrogens with two attached hydrogens (primary N) is 1. The molecule has 14 nitrogen and oxygen atoms in total. The summed E-state index contributed by atoms with van der Waals surface area (Å²) in [6, 6.07) is 9.64. The maximum Gasteiger partial charge on any atom is 0.469 e. The molecule has 0 unspecified atom stereocenters. The van der Waals surface area contributed by atoms with Gasteiger partial charge in [0.2, 0.25) is 5.95 Å². The highest BCUT2D eigenvalue weighted by Gasteiger charge is 2.49. The SMILES string of the molecule is Nc1nc2c(c(=O)[nH]1)N(Cc1csc(-c3ccccc3)n1)CN2[C@@H]1O[C@H](COP(=O)(O)O)[C@@H](O)[C@H]1O. The van der Waals surface area contributed by atoms with E-state index in [2.05, 4.69) is 19.5 Å². The minimum atomic E-state index is -4.82. The van der Waals surface area contributed by atoms with Crippen LogP contribution in [0.2, 0.25) is 0 Å². The zero-order valence-electron chi connectivity index (χ0n) is 18.5. The van der Waals surface area contributed by atoms with Gasteiger partial charge in [-0.15, -0.1) is 11.3 Å². The van der Waals surface area contributed by atoms with Gasteiger partial charge in [-0.1, -0.05) is 30.3 Å². The third-order valence-corrected chi connectivity index (χ3v) is 7.21. The van der Waals surface area contributed by atoms with Crippen LogP contribution in [-0.4, -0.2) is 72.8 Å². The lowest BCUT2D eigenvalue weighted by molar-refractivity contribution is -0.0218. The molecule has 1 aromatic carbocycles. The molecule has 2 aromatic heterocycles. The standard InChI is InChI=1S/C20H23N6O8PS/c21-20-23-16-13(17(29)24-20)25(6-11-8-36-18(22-11)10-4-2-1-3-5-10)9-26(16)19-15(28)14(27)12(34-19)7-33-35(30,31)32/h1-5,8,12,14-15,19,27-28H,6-7,9H2,(H2,30,31,32)(H3,21,23,24,29)/t12-,14-,15-,19-/m1/s1. The number of fused-ring (bicyclic) bond motifs is 1. The van der Waals surface area contributed by atoms with E-state index >= 15 is 0 Å². The molecule has 16 heteroatoms. The van der Waals surface area contributed by atoms with Gasteiger partial charge in [-0.05, 0) is 0 Å². The van der Waals surface area contributed by atoms with Crippen molar-refractivity contribution < 1.29 is 33.8 Å². The average Bonchev–Trinajstić information content (AvgIpc) is 3.50. The largest absolute Gasteiger partial charge is 0.469 e. The Kier molecular flexibility index (Phi) is 6.57. The second kappa shape index (κ2) is 9.53. The lowest BCUT2D eigenvalue weighted by Crippen LogP contribution is -2.46. The van der Waals surface area contributed by atoms with Gasteiger partial charge in [0, 0.05) is 10.9 Å². The molecule has 0 amide bonds. The average molecular weight is 538 g/mol. The summed E-state index contributed by atoms with van der Waals surface area (Å²) in [6.45, 7) is -0.388. The van der Waals surface area contributed by atoms with E-state index in [1.807, 2.05) is 35.7 Å². The maximum absolute atomic E-state index is 12.8. The summed E-state index contributed by atoms with van der Waals surface area (Å²) < 4.78 is 21.2. The van der Waals surface area contributed by atoms with Crippen LogP contribution in [0.4, 0.5) is 17.5 Å². The van der Waals surface area contributed by atoms with Gasteiger partial charge in [-0.2, -0.15) is 4.98 Å². The molecular formula is C20H23N6O8PS. The number of phosphoric acid groups is 1. The maximum atomic E-state index is 12.8. The first-order valence-electron chi connectivity index (χ1n) is 10.7. The number of ether oxygens (including phenoxy) is 1. The van der Waals surface area contributed by atoms with Gasteiger partial charge in [0.25, 0.3) is 5.56 Å². The molecule has 0 radical (unpaired) electrons. The molecule has 1 saturated heterocycles. The number of nitrogens with one attached hydrogen (secondary N) is 1. The summed E-state index contributed by atoms with van der Waals surface area (Å²) in [5, 5.41) is 23.7. The van der Waals surface area contributed by atoms with Gasteiger partial charge in [0.15, 0.2) is 12.0 Å². The van der Waals surface area contributed by atoms with Gasteiger partial charge < -0.3 is 40.3 Å². The highest BCUT2D eigenvalue weighted by atomic mass is 32.1. The van der Waals surface area contributed by atoms with Crippen molar-refractivity contribution in [2.24, 2.45) is 0 Å². The Hall–Kier alpha value is -2.88. The van der Waals surface area contributed by atoms with Crippen LogP contribution in [0.3, 0.4) is 0 Å². The second-order valence-corrected chi connectivity index (χ2v) is 10.4. The summed E-state index contributed by atoms with van der Waals surface area (Å²) in [5.74, 6) is -0.0254. The number of rotatable bonds is 7. The Morgan fingerprint density at radius 1 is 1.22 bits per heavy atom. The molecule has 0 spiro atoms. The molecule has 0 aliphatic carbocycles. The number of anilines is 3. The molecule has 192 valence electrons. The Labute approximate surface area is 207 Å². The second-order valence-electron chi connectivity index (χ2n) is 8.28. The van der Waals surface area contributed by atoms with Crippen molar-refractivity contribution in [3.05, 3.63) is 51.8 Å². The number of nitrogens with zero attached hydrogens (tertiary/aromatic N) is 4. The summed E-state index contributed by atoms with van der Waals surface area (Å²) in [4.78, 5) is 45.2. The summed E-state index contributed by atoms with van der Waals surface area (Å²) in [5.41, 5.74) is 7.09. The third-order valence-electron chi connectivity index (χ3n) is 5.78. The number of H-pyrrole nitrogens is 1. The highest BCUT2D eigenvalue weighted by molar-refractivity contribution is 7.46. The van der Waals surface area contributed by atoms with E-state index < -0.39 is 44.5 Å². The fraction of sp³-hybridized carbons (Fsp3) is 0.350. The fourth-order valence-electron chi connectivity index (χ4n) is 4.19. The zero-order chi connectivity index (χ0) is 25.6. The van der Waals surface area contributed by atoms with Crippen LogP contribution in [0, 0.1) is 0 Å². The first kappa shape index (κ1) is 24.8.